The van der Waals surface area contributed by atoms with E-state index < -0.39 is 0 Å². The molecule has 2 aromatic carbocycles. The van der Waals surface area contributed by atoms with Gasteiger partial charge in [0, 0.05) is 11.1 Å². The molecule has 3 heteroatoms. The lowest BCUT2D eigenvalue weighted by Crippen LogP contribution is -2.04. The zero-order chi connectivity index (χ0) is 14.5. The van der Waals surface area contributed by atoms with Crippen molar-refractivity contribution in [3.05, 3.63) is 59.2 Å². The fourth-order valence-corrected chi connectivity index (χ4v) is 2.05. The van der Waals surface area contributed by atoms with Gasteiger partial charge in [-0.05, 0) is 61.9 Å². The largest absolute Gasteiger partial charge is 0.497 e. The highest BCUT2D eigenvalue weighted by atomic mass is 16.5. The van der Waals surface area contributed by atoms with Gasteiger partial charge in [0.2, 0.25) is 0 Å². The van der Waals surface area contributed by atoms with Crippen LogP contribution in [0.25, 0.3) is 0 Å². The lowest BCUT2D eigenvalue weighted by molar-refractivity contribution is 0.103. The molecule has 2 rings (SSSR count). The van der Waals surface area contributed by atoms with Gasteiger partial charge in [-0.1, -0.05) is 0 Å². The predicted octanol–water partition coefficient (Wildman–Crippen LogP) is 3.63. The number of hydrogen-bond donors (Lipinski definition) is 0. The van der Waals surface area contributed by atoms with Crippen molar-refractivity contribution in [2.45, 2.75) is 13.8 Å². The van der Waals surface area contributed by atoms with Gasteiger partial charge in [-0.25, -0.2) is 0 Å². The van der Waals surface area contributed by atoms with Crippen LogP contribution in [0.5, 0.6) is 11.5 Å². The molecule has 0 spiro atoms. The molecule has 0 atom stereocenters. The number of ketones is 1. The van der Waals surface area contributed by atoms with Gasteiger partial charge in [0.15, 0.2) is 5.78 Å². The topological polar surface area (TPSA) is 35.5 Å². The van der Waals surface area contributed by atoms with E-state index in [0.717, 1.165) is 17.1 Å². The zero-order valence-corrected chi connectivity index (χ0v) is 12.0. The van der Waals surface area contributed by atoms with Gasteiger partial charge < -0.3 is 9.47 Å². The molecule has 3 nitrogen and oxygen atoms in total. The Kier molecular flexibility index (Phi) is 4.41. The molecule has 0 N–H and O–H groups in total. The molecule has 0 saturated carbocycles. The molecule has 0 aliphatic rings. The van der Waals surface area contributed by atoms with Crippen LogP contribution >= 0.6 is 0 Å². The van der Waals surface area contributed by atoms with E-state index >= 15 is 0 Å². The van der Waals surface area contributed by atoms with Gasteiger partial charge in [0.25, 0.3) is 0 Å². The number of methoxy groups -OCH3 is 1. The van der Waals surface area contributed by atoms with Crippen LogP contribution in [-0.2, 0) is 0 Å². The van der Waals surface area contributed by atoms with Gasteiger partial charge in [0.1, 0.15) is 11.5 Å². The number of aryl methyl sites for hydroxylation is 1. The number of benzene rings is 2. The number of rotatable bonds is 5. The molecule has 0 aliphatic heterocycles. The molecule has 0 radical (unpaired) electrons. The Bertz CT molecular complexity index is 600. The first-order valence-corrected chi connectivity index (χ1v) is 6.58. The van der Waals surface area contributed by atoms with Crippen molar-refractivity contribution in [3.8, 4) is 11.5 Å². The summed E-state index contributed by atoms with van der Waals surface area (Å²) in [6.07, 6.45) is 0. The number of ether oxygens (including phenoxy) is 2. The lowest BCUT2D eigenvalue weighted by Gasteiger charge is -2.09. The van der Waals surface area contributed by atoms with Gasteiger partial charge in [-0.3, -0.25) is 4.79 Å². The molecular weight excluding hydrogens is 252 g/mol. The molecule has 0 saturated heterocycles. The molecule has 0 heterocycles. The summed E-state index contributed by atoms with van der Waals surface area (Å²) in [5.41, 5.74) is 2.26. The van der Waals surface area contributed by atoms with Crippen LogP contribution in [0, 0.1) is 6.92 Å². The Morgan fingerprint density at radius 3 is 2.25 bits per heavy atom. The van der Waals surface area contributed by atoms with E-state index in [1.165, 1.54) is 0 Å². The highest BCUT2D eigenvalue weighted by Crippen LogP contribution is 2.21. The van der Waals surface area contributed by atoms with Gasteiger partial charge in [-0.15, -0.1) is 0 Å². The van der Waals surface area contributed by atoms with E-state index in [9.17, 15) is 4.79 Å². The summed E-state index contributed by atoms with van der Waals surface area (Å²) in [5, 5.41) is 0. The molecule has 2 aromatic rings. The molecule has 0 bridgehead atoms. The summed E-state index contributed by atoms with van der Waals surface area (Å²) in [6.45, 7) is 4.47. The van der Waals surface area contributed by atoms with Crippen LogP contribution in [0.1, 0.15) is 28.4 Å². The summed E-state index contributed by atoms with van der Waals surface area (Å²) in [7, 11) is 1.60. The second-order valence-corrected chi connectivity index (χ2v) is 4.47. The predicted molar refractivity (Wildman–Crippen MR) is 78.8 cm³/mol. The highest BCUT2D eigenvalue weighted by Gasteiger charge is 2.12. The first kappa shape index (κ1) is 14.1. The number of carbonyl (C=O) groups excluding carboxylic acids is 1. The third-order valence-corrected chi connectivity index (χ3v) is 3.11. The van der Waals surface area contributed by atoms with E-state index in [1.807, 2.05) is 32.0 Å². The highest BCUT2D eigenvalue weighted by molar-refractivity contribution is 6.10. The van der Waals surface area contributed by atoms with E-state index in [2.05, 4.69) is 0 Å². The van der Waals surface area contributed by atoms with Crippen molar-refractivity contribution >= 4 is 5.78 Å². The Morgan fingerprint density at radius 1 is 1.05 bits per heavy atom. The van der Waals surface area contributed by atoms with E-state index in [4.69, 9.17) is 9.47 Å². The number of hydrogen-bond acceptors (Lipinski definition) is 3. The smallest absolute Gasteiger partial charge is 0.193 e. The SMILES string of the molecule is CCOc1ccc(C(=O)c2ccc(OC)cc2)c(C)c1. The van der Waals surface area contributed by atoms with Crippen molar-refractivity contribution in [2.24, 2.45) is 0 Å². The average Bonchev–Trinajstić information content (AvgIpc) is 2.47. The Hall–Kier alpha value is -2.29. The van der Waals surface area contributed by atoms with Crippen molar-refractivity contribution < 1.29 is 14.3 Å². The summed E-state index contributed by atoms with van der Waals surface area (Å²) in [5.74, 6) is 1.54. The van der Waals surface area contributed by atoms with E-state index in [-0.39, 0.29) is 5.78 Å². The maximum Gasteiger partial charge on any atom is 0.193 e. The van der Waals surface area contributed by atoms with Crippen molar-refractivity contribution in [1.82, 2.24) is 0 Å². The van der Waals surface area contributed by atoms with Crippen molar-refractivity contribution in [2.75, 3.05) is 13.7 Å². The van der Waals surface area contributed by atoms with Crippen LogP contribution in [0.2, 0.25) is 0 Å². The Balaban J connectivity index is 2.28. The van der Waals surface area contributed by atoms with Crippen molar-refractivity contribution in [1.29, 1.82) is 0 Å². The number of carbonyl (C=O) groups is 1. The minimum Gasteiger partial charge on any atom is -0.497 e. The van der Waals surface area contributed by atoms with Gasteiger partial charge in [-0.2, -0.15) is 0 Å². The summed E-state index contributed by atoms with van der Waals surface area (Å²) in [6, 6.07) is 12.7. The van der Waals surface area contributed by atoms with Gasteiger partial charge >= 0.3 is 0 Å². The fraction of sp³-hybridized carbons (Fsp3) is 0.235. The van der Waals surface area contributed by atoms with Crippen LogP contribution in [-0.4, -0.2) is 19.5 Å². The first-order chi connectivity index (χ1) is 9.65. The minimum absolute atomic E-state index is 0.00759. The molecule has 104 valence electrons. The second-order valence-electron chi connectivity index (χ2n) is 4.47. The normalized spacial score (nSPS) is 10.2. The summed E-state index contributed by atoms with van der Waals surface area (Å²) >= 11 is 0. The molecular formula is C17H18O3. The standard InChI is InChI=1S/C17H18O3/c1-4-20-15-9-10-16(12(2)11-15)17(18)13-5-7-14(19-3)8-6-13/h5-11H,4H2,1-3H3. The Morgan fingerprint density at radius 2 is 1.70 bits per heavy atom. The molecule has 0 aromatic heterocycles. The average molecular weight is 270 g/mol. The van der Waals surface area contributed by atoms with Crippen LogP contribution in [0.3, 0.4) is 0 Å². The molecule has 0 amide bonds. The summed E-state index contributed by atoms with van der Waals surface area (Å²) < 4.78 is 10.5. The van der Waals surface area contributed by atoms with Crippen molar-refractivity contribution in [3.63, 3.8) is 0 Å². The second kappa shape index (κ2) is 6.24. The monoisotopic (exact) mass is 270 g/mol. The zero-order valence-electron chi connectivity index (χ0n) is 12.0. The first-order valence-electron chi connectivity index (χ1n) is 6.58. The molecule has 0 aliphatic carbocycles. The third kappa shape index (κ3) is 2.99. The van der Waals surface area contributed by atoms with E-state index in [0.29, 0.717) is 17.7 Å². The molecule has 0 unspecified atom stereocenters. The van der Waals surface area contributed by atoms with Crippen LogP contribution in [0.4, 0.5) is 0 Å². The Labute approximate surface area is 119 Å². The van der Waals surface area contributed by atoms with Crippen LogP contribution < -0.4 is 9.47 Å². The minimum atomic E-state index is 0.00759. The van der Waals surface area contributed by atoms with E-state index in [1.54, 1.807) is 31.4 Å². The van der Waals surface area contributed by atoms with Gasteiger partial charge in [0.05, 0.1) is 13.7 Å². The maximum atomic E-state index is 12.5. The quantitative estimate of drug-likeness (QED) is 0.778. The maximum absolute atomic E-state index is 12.5. The third-order valence-electron chi connectivity index (χ3n) is 3.11. The fourth-order valence-electron chi connectivity index (χ4n) is 2.05. The molecule has 20 heavy (non-hydrogen) atoms. The van der Waals surface area contributed by atoms with Crippen LogP contribution in [0.15, 0.2) is 42.5 Å². The summed E-state index contributed by atoms with van der Waals surface area (Å²) in [4.78, 5) is 12.5. The molecule has 0 fully saturated rings. The lowest BCUT2D eigenvalue weighted by atomic mass is 9.99.